The zero-order chi connectivity index (χ0) is 16.8. The highest BCUT2D eigenvalue weighted by Crippen LogP contribution is 2.19. The minimum atomic E-state index is -0.686. The van der Waals surface area contributed by atoms with Crippen molar-refractivity contribution in [1.29, 1.82) is 0 Å². The Morgan fingerprint density at radius 2 is 1.52 bits per heavy atom. The van der Waals surface area contributed by atoms with Crippen LogP contribution in [0.4, 0.5) is 0 Å². The SMILES string of the molecule is CN(C)C(=O)/C(Cl)=N\OC(=O)c1ccc(-c2ccccc2)cc1. The molecule has 0 aliphatic rings. The number of rotatable bonds is 4. The molecule has 0 fully saturated rings. The average Bonchev–Trinajstić information content (AvgIpc) is 2.59. The molecule has 118 valence electrons. The van der Waals surface area contributed by atoms with E-state index in [1.165, 1.54) is 19.0 Å². The van der Waals surface area contributed by atoms with E-state index in [9.17, 15) is 9.59 Å². The van der Waals surface area contributed by atoms with Crippen molar-refractivity contribution < 1.29 is 14.4 Å². The number of oxime groups is 1. The average molecular weight is 331 g/mol. The lowest BCUT2D eigenvalue weighted by Gasteiger charge is -2.07. The number of nitrogens with zero attached hydrogens (tertiary/aromatic N) is 2. The van der Waals surface area contributed by atoms with Gasteiger partial charge in [0.2, 0.25) is 5.17 Å². The van der Waals surface area contributed by atoms with Crippen molar-refractivity contribution in [1.82, 2.24) is 4.90 Å². The molecule has 0 aromatic heterocycles. The Kier molecular flexibility index (Phi) is 5.49. The second-order valence-electron chi connectivity index (χ2n) is 4.90. The van der Waals surface area contributed by atoms with Gasteiger partial charge >= 0.3 is 5.97 Å². The molecule has 1 amide bonds. The van der Waals surface area contributed by atoms with Crippen LogP contribution in [0.5, 0.6) is 0 Å². The highest BCUT2D eigenvalue weighted by Gasteiger charge is 2.13. The van der Waals surface area contributed by atoms with Crippen molar-refractivity contribution in [2.75, 3.05) is 14.1 Å². The van der Waals surface area contributed by atoms with Gasteiger partial charge in [-0.2, -0.15) is 0 Å². The third-order valence-electron chi connectivity index (χ3n) is 3.02. The van der Waals surface area contributed by atoms with E-state index in [-0.39, 0.29) is 0 Å². The third-order valence-corrected chi connectivity index (χ3v) is 3.25. The monoisotopic (exact) mass is 330 g/mol. The van der Waals surface area contributed by atoms with Gasteiger partial charge in [0.05, 0.1) is 5.56 Å². The minimum Gasteiger partial charge on any atom is -0.343 e. The molecule has 6 heteroatoms. The number of halogens is 1. The van der Waals surface area contributed by atoms with Crippen LogP contribution >= 0.6 is 11.6 Å². The van der Waals surface area contributed by atoms with Crippen LogP contribution < -0.4 is 0 Å². The molecule has 0 N–H and O–H groups in total. The van der Waals surface area contributed by atoms with E-state index in [0.29, 0.717) is 5.56 Å². The van der Waals surface area contributed by atoms with Crippen molar-refractivity contribution in [3.8, 4) is 11.1 Å². The van der Waals surface area contributed by atoms with Gasteiger partial charge in [0.1, 0.15) is 0 Å². The topological polar surface area (TPSA) is 59.0 Å². The van der Waals surface area contributed by atoms with Gasteiger partial charge in [-0.1, -0.05) is 59.2 Å². The second-order valence-corrected chi connectivity index (χ2v) is 5.26. The van der Waals surface area contributed by atoms with Crippen molar-refractivity contribution >= 4 is 28.6 Å². The summed E-state index contributed by atoms with van der Waals surface area (Å²) < 4.78 is 0. The predicted octanol–water partition coefficient (Wildman–Crippen LogP) is 3.15. The molecule has 0 heterocycles. The molecule has 5 nitrogen and oxygen atoms in total. The van der Waals surface area contributed by atoms with E-state index in [2.05, 4.69) is 9.99 Å². The molecule has 23 heavy (non-hydrogen) atoms. The quantitative estimate of drug-likeness (QED) is 0.491. The van der Waals surface area contributed by atoms with Gasteiger partial charge in [-0.15, -0.1) is 0 Å². The van der Waals surface area contributed by atoms with Gasteiger partial charge in [-0.25, -0.2) is 4.79 Å². The third kappa shape index (κ3) is 4.40. The molecule has 2 rings (SSSR count). The van der Waals surface area contributed by atoms with Crippen LogP contribution in [-0.2, 0) is 9.63 Å². The molecular weight excluding hydrogens is 316 g/mol. The Morgan fingerprint density at radius 1 is 0.957 bits per heavy atom. The molecule has 0 saturated heterocycles. The number of hydrogen-bond donors (Lipinski definition) is 0. The van der Waals surface area contributed by atoms with Gasteiger partial charge in [-0.05, 0) is 23.3 Å². The normalized spacial score (nSPS) is 11.0. The maximum absolute atomic E-state index is 11.9. The van der Waals surface area contributed by atoms with Crippen LogP contribution in [0.2, 0.25) is 0 Å². The molecule has 0 unspecified atom stereocenters. The largest absolute Gasteiger partial charge is 0.365 e. The zero-order valence-corrected chi connectivity index (χ0v) is 13.4. The molecule has 0 atom stereocenters. The molecule has 0 radical (unpaired) electrons. The standard InChI is InChI=1S/C17H15ClN2O3/c1-20(2)16(21)15(18)19-23-17(22)14-10-8-13(9-11-14)12-6-4-3-5-7-12/h3-11H,1-2H3/b19-15+. The van der Waals surface area contributed by atoms with E-state index >= 15 is 0 Å². The molecule has 0 saturated carbocycles. The Labute approximate surface area is 139 Å². The summed E-state index contributed by atoms with van der Waals surface area (Å²) in [6, 6.07) is 16.6. The second kappa shape index (κ2) is 7.56. The first-order valence-electron chi connectivity index (χ1n) is 6.81. The first-order valence-corrected chi connectivity index (χ1v) is 7.19. The number of hydrogen-bond acceptors (Lipinski definition) is 4. The Bertz CT molecular complexity index is 725. The highest BCUT2D eigenvalue weighted by molar-refractivity contribution is 6.82. The Balaban J connectivity index is 2.06. The number of carbonyl (C=O) groups excluding carboxylic acids is 2. The maximum atomic E-state index is 11.9. The van der Waals surface area contributed by atoms with Crippen LogP contribution in [0.25, 0.3) is 11.1 Å². The van der Waals surface area contributed by atoms with Crippen LogP contribution in [0.1, 0.15) is 10.4 Å². The summed E-state index contributed by atoms with van der Waals surface area (Å²) in [4.78, 5) is 29.2. The van der Waals surface area contributed by atoms with Crippen LogP contribution in [0.3, 0.4) is 0 Å². The van der Waals surface area contributed by atoms with E-state index in [4.69, 9.17) is 11.6 Å². The number of carbonyl (C=O) groups is 2. The van der Waals surface area contributed by atoms with Crippen molar-refractivity contribution in [3.63, 3.8) is 0 Å². The zero-order valence-electron chi connectivity index (χ0n) is 12.7. The fraction of sp³-hybridized carbons (Fsp3) is 0.118. The summed E-state index contributed by atoms with van der Waals surface area (Å²) in [7, 11) is 3.04. The molecule has 0 aliphatic carbocycles. The first kappa shape index (κ1) is 16.7. The van der Waals surface area contributed by atoms with Gasteiger partial charge in [0.25, 0.3) is 5.91 Å². The first-order chi connectivity index (χ1) is 11.0. The number of amides is 1. The van der Waals surface area contributed by atoms with Crippen molar-refractivity contribution in [3.05, 3.63) is 60.2 Å². The molecule has 2 aromatic carbocycles. The van der Waals surface area contributed by atoms with Gasteiger partial charge in [0.15, 0.2) is 0 Å². The van der Waals surface area contributed by atoms with E-state index in [1.54, 1.807) is 12.1 Å². The van der Waals surface area contributed by atoms with Crippen molar-refractivity contribution in [2.24, 2.45) is 5.16 Å². The van der Waals surface area contributed by atoms with Crippen LogP contribution in [-0.4, -0.2) is 36.0 Å². The summed E-state index contributed by atoms with van der Waals surface area (Å²) in [6.45, 7) is 0. The lowest BCUT2D eigenvalue weighted by molar-refractivity contribution is -0.121. The molecule has 2 aromatic rings. The smallest absolute Gasteiger partial charge is 0.343 e. The predicted molar refractivity (Wildman–Crippen MR) is 89.3 cm³/mol. The van der Waals surface area contributed by atoms with Gasteiger partial charge in [0, 0.05) is 14.1 Å². The molecule has 0 aliphatic heterocycles. The number of benzene rings is 2. The van der Waals surface area contributed by atoms with E-state index in [1.807, 2.05) is 42.5 Å². The Hall–Kier alpha value is -2.66. The summed E-state index contributed by atoms with van der Waals surface area (Å²) in [5.41, 5.74) is 2.34. The fourth-order valence-corrected chi connectivity index (χ4v) is 1.99. The van der Waals surface area contributed by atoms with E-state index < -0.39 is 17.0 Å². The maximum Gasteiger partial charge on any atom is 0.365 e. The lowest BCUT2D eigenvalue weighted by Crippen LogP contribution is -2.27. The summed E-state index contributed by atoms with van der Waals surface area (Å²) >= 11 is 5.64. The molecule has 0 bridgehead atoms. The minimum absolute atomic E-state index is 0.315. The van der Waals surface area contributed by atoms with Crippen molar-refractivity contribution in [2.45, 2.75) is 0 Å². The van der Waals surface area contributed by atoms with E-state index in [0.717, 1.165) is 11.1 Å². The van der Waals surface area contributed by atoms with Gasteiger partial charge < -0.3 is 9.74 Å². The highest BCUT2D eigenvalue weighted by atomic mass is 35.5. The summed E-state index contributed by atoms with van der Waals surface area (Å²) in [5.74, 6) is -1.23. The summed E-state index contributed by atoms with van der Waals surface area (Å²) in [6.07, 6.45) is 0. The lowest BCUT2D eigenvalue weighted by atomic mass is 10.0. The molecule has 0 spiro atoms. The van der Waals surface area contributed by atoms with Gasteiger partial charge in [-0.3, -0.25) is 4.79 Å². The Morgan fingerprint density at radius 3 is 2.09 bits per heavy atom. The fourth-order valence-electron chi connectivity index (χ4n) is 1.79. The van der Waals surface area contributed by atoms with Crippen LogP contribution in [0, 0.1) is 0 Å². The summed E-state index contributed by atoms with van der Waals surface area (Å²) in [5, 5.41) is 2.93. The molecular formula is C17H15ClN2O3. The van der Waals surface area contributed by atoms with Crippen LogP contribution in [0.15, 0.2) is 59.8 Å².